The van der Waals surface area contributed by atoms with Crippen molar-refractivity contribution in [1.29, 1.82) is 0 Å². The molecule has 0 bridgehead atoms. The number of nitrogens with one attached hydrogen (secondary N) is 3. The molecule has 150 valence electrons. The number of hydrogen-bond donors (Lipinski definition) is 3. The topological polar surface area (TPSA) is 122 Å². The van der Waals surface area contributed by atoms with Crippen molar-refractivity contribution in [2.45, 2.75) is 33.7 Å². The Labute approximate surface area is 167 Å². The highest BCUT2D eigenvalue weighted by molar-refractivity contribution is 5.87. The van der Waals surface area contributed by atoms with Crippen molar-refractivity contribution in [2.24, 2.45) is 0 Å². The second kappa shape index (κ2) is 8.51. The molecule has 0 unspecified atom stereocenters. The van der Waals surface area contributed by atoms with Crippen LogP contribution in [0.3, 0.4) is 0 Å². The first-order chi connectivity index (χ1) is 13.8. The summed E-state index contributed by atoms with van der Waals surface area (Å²) in [5.74, 6) is 1.62. The Morgan fingerprint density at radius 2 is 2.00 bits per heavy atom. The van der Waals surface area contributed by atoms with Crippen LogP contribution in [0.4, 0.5) is 11.8 Å². The smallest absolute Gasteiger partial charge is 0.261 e. The lowest BCUT2D eigenvalue weighted by Gasteiger charge is -2.11. The van der Waals surface area contributed by atoms with E-state index in [0.717, 1.165) is 0 Å². The maximum atomic E-state index is 12.4. The van der Waals surface area contributed by atoms with Crippen molar-refractivity contribution in [3.63, 3.8) is 0 Å². The SMILES string of the molecule is CC(=O)Nc1cc(Oc2ccc(-c3cnc(NC(C)C)[nH]c3=O)nc2C)ccn1. The summed E-state index contributed by atoms with van der Waals surface area (Å²) in [5.41, 5.74) is 1.18. The van der Waals surface area contributed by atoms with Crippen LogP contribution >= 0.6 is 0 Å². The van der Waals surface area contributed by atoms with E-state index >= 15 is 0 Å². The molecule has 3 aromatic heterocycles. The van der Waals surface area contributed by atoms with E-state index in [1.165, 1.54) is 19.3 Å². The molecule has 0 aliphatic carbocycles. The number of pyridine rings is 2. The van der Waals surface area contributed by atoms with Gasteiger partial charge in [0.15, 0.2) is 0 Å². The van der Waals surface area contributed by atoms with Gasteiger partial charge in [-0.3, -0.25) is 14.6 Å². The van der Waals surface area contributed by atoms with Crippen molar-refractivity contribution in [3.05, 3.63) is 52.7 Å². The third-order valence-electron chi connectivity index (χ3n) is 3.80. The lowest BCUT2D eigenvalue weighted by molar-refractivity contribution is -0.114. The molecule has 0 spiro atoms. The van der Waals surface area contributed by atoms with Crippen LogP contribution in [0, 0.1) is 6.92 Å². The minimum Gasteiger partial charge on any atom is -0.455 e. The van der Waals surface area contributed by atoms with Crippen LogP contribution in [0.2, 0.25) is 0 Å². The number of anilines is 2. The van der Waals surface area contributed by atoms with E-state index in [2.05, 4.69) is 30.6 Å². The number of aromatic amines is 1. The molecule has 0 aliphatic heterocycles. The molecule has 3 aromatic rings. The highest BCUT2D eigenvalue weighted by atomic mass is 16.5. The molecular formula is C20H22N6O3. The number of carbonyl (C=O) groups is 1. The number of aromatic nitrogens is 4. The molecule has 3 heterocycles. The number of rotatable bonds is 6. The van der Waals surface area contributed by atoms with Gasteiger partial charge in [-0.25, -0.2) is 15.0 Å². The molecule has 0 saturated heterocycles. The first kappa shape index (κ1) is 20.0. The van der Waals surface area contributed by atoms with Gasteiger partial charge >= 0.3 is 0 Å². The Kier molecular flexibility index (Phi) is 5.87. The van der Waals surface area contributed by atoms with E-state index in [0.29, 0.717) is 40.2 Å². The largest absolute Gasteiger partial charge is 0.455 e. The van der Waals surface area contributed by atoms with Gasteiger partial charge in [0.2, 0.25) is 11.9 Å². The number of nitrogens with zero attached hydrogens (tertiary/aromatic N) is 3. The van der Waals surface area contributed by atoms with Gasteiger partial charge in [-0.05, 0) is 39.0 Å². The standard InChI is InChI=1S/C20H22N6O3/c1-11(2)23-20-22-10-15(19(28)26-20)16-5-6-17(12(3)24-16)29-14-7-8-21-18(9-14)25-13(4)27/h5-11H,1-4H3,(H,21,25,27)(H2,22,23,26,28). The molecule has 3 N–H and O–H groups in total. The number of H-pyrrole nitrogens is 1. The van der Waals surface area contributed by atoms with Crippen LogP contribution in [0.15, 0.2) is 41.5 Å². The maximum Gasteiger partial charge on any atom is 0.261 e. The Bertz CT molecular complexity index is 1090. The van der Waals surface area contributed by atoms with Crippen LogP contribution in [0.5, 0.6) is 11.5 Å². The fourth-order valence-corrected chi connectivity index (χ4v) is 2.58. The van der Waals surface area contributed by atoms with Crippen molar-refractivity contribution < 1.29 is 9.53 Å². The Balaban J connectivity index is 1.82. The molecule has 29 heavy (non-hydrogen) atoms. The van der Waals surface area contributed by atoms with Gasteiger partial charge in [-0.15, -0.1) is 0 Å². The fourth-order valence-electron chi connectivity index (χ4n) is 2.58. The molecule has 3 rings (SSSR count). The van der Waals surface area contributed by atoms with Gasteiger partial charge in [0.05, 0.1) is 17.0 Å². The van der Waals surface area contributed by atoms with Crippen molar-refractivity contribution >= 4 is 17.7 Å². The van der Waals surface area contributed by atoms with Gasteiger partial charge < -0.3 is 15.4 Å². The monoisotopic (exact) mass is 394 g/mol. The lowest BCUT2D eigenvalue weighted by atomic mass is 10.2. The maximum absolute atomic E-state index is 12.4. The minimum atomic E-state index is -0.280. The summed E-state index contributed by atoms with van der Waals surface area (Å²) in [6.07, 6.45) is 3.03. The van der Waals surface area contributed by atoms with Gasteiger partial charge in [0.25, 0.3) is 5.56 Å². The molecule has 9 heteroatoms. The second-order valence-electron chi connectivity index (χ2n) is 6.71. The van der Waals surface area contributed by atoms with Gasteiger partial charge in [-0.2, -0.15) is 0 Å². The number of aryl methyl sites for hydroxylation is 1. The van der Waals surface area contributed by atoms with Gasteiger partial charge in [-0.1, -0.05) is 0 Å². The summed E-state index contributed by atoms with van der Waals surface area (Å²) >= 11 is 0. The van der Waals surface area contributed by atoms with Crippen LogP contribution in [-0.4, -0.2) is 31.9 Å². The number of amides is 1. The second-order valence-corrected chi connectivity index (χ2v) is 6.71. The fraction of sp³-hybridized carbons (Fsp3) is 0.250. The third-order valence-corrected chi connectivity index (χ3v) is 3.80. The summed E-state index contributed by atoms with van der Waals surface area (Å²) in [4.78, 5) is 39.0. The predicted molar refractivity (Wildman–Crippen MR) is 110 cm³/mol. The predicted octanol–water partition coefficient (Wildman–Crippen LogP) is 3.11. The summed E-state index contributed by atoms with van der Waals surface area (Å²) in [7, 11) is 0. The molecule has 1 amide bonds. The average molecular weight is 394 g/mol. The van der Waals surface area contributed by atoms with E-state index in [4.69, 9.17) is 4.74 Å². The minimum absolute atomic E-state index is 0.153. The van der Waals surface area contributed by atoms with Crippen LogP contribution in [0.25, 0.3) is 11.3 Å². The van der Waals surface area contributed by atoms with E-state index in [1.54, 1.807) is 31.2 Å². The van der Waals surface area contributed by atoms with E-state index in [9.17, 15) is 9.59 Å². The Hall–Kier alpha value is -3.75. The molecule has 9 nitrogen and oxygen atoms in total. The van der Waals surface area contributed by atoms with Crippen LogP contribution < -0.4 is 20.9 Å². The molecule has 0 aromatic carbocycles. The first-order valence-electron chi connectivity index (χ1n) is 9.07. The Morgan fingerprint density at radius 3 is 2.66 bits per heavy atom. The van der Waals surface area contributed by atoms with Crippen LogP contribution in [-0.2, 0) is 4.79 Å². The quantitative estimate of drug-likeness (QED) is 0.587. The molecule has 0 radical (unpaired) electrons. The Morgan fingerprint density at radius 1 is 1.21 bits per heavy atom. The summed E-state index contributed by atoms with van der Waals surface area (Å²) < 4.78 is 5.85. The third kappa shape index (κ3) is 5.16. The van der Waals surface area contributed by atoms with Gasteiger partial charge in [0.1, 0.15) is 17.3 Å². The molecule has 0 fully saturated rings. The van der Waals surface area contributed by atoms with E-state index < -0.39 is 0 Å². The normalized spacial score (nSPS) is 10.7. The number of ether oxygens (including phenoxy) is 1. The zero-order chi connectivity index (χ0) is 21.0. The molecule has 0 aliphatic rings. The van der Waals surface area contributed by atoms with Crippen molar-refractivity contribution in [2.75, 3.05) is 10.6 Å². The zero-order valence-electron chi connectivity index (χ0n) is 16.6. The van der Waals surface area contributed by atoms with Crippen molar-refractivity contribution in [3.8, 4) is 22.8 Å². The summed E-state index contributed by atoms with van der Waals surface area (Å²) in [5, 5.41) is 5.65. The zero-order valence-corrected chi connectivity index (χ0v) is 16.6. The van der Waals surface area contributed by atoms with Gasteiger partial charge in [0, 0.05) is 31.4 Å². The average Bonchev–Trinajstić information content (AvgIpc) is 2.63. The van der Waals surface area contributed by atoms with E-state index in [1.807, 2.05) is 13.8 Å². The highest BCUT2D eigenvalue weighted by Gasteiger charge is 2.11. The summed E-state index contributed by atoms with van der Waals surface area (Å²) in [6.45, 7) is 7.11. The number of hydrogen-bond acceptors (Lipinski definition) is 7. The molecular weight excluding hydrogens is 372 g/mol. The van der Waals surface area contributed by atoms with Crippen molar-refractivity contribution in [1.82, 2.24) is 19.9 Å². The number of carbonyl (C=O) groups excluding carboxylic acids is 1. The van der Waals surface area contributed by atoms with Crippen LogP contribution in [0.1, 0.15) is 26.5 Å². The highest BCUT2D eigenvalue weighted by Crippen LogP contribution is 2.27. The molecule has 0 atom stereocenters. The molecule has 0 saturated carbocycles. The summed E-state index contributed by atoms with van der Waals surface area (Å²) in [6, 6.07) is 6.87. The lowest BCUT2D eigenvalue weighted by Crippen LogP contribution is -2.18. The van der Waals surface area contributed by atoms with E-state index in [-0.39, 0.29) is 17.5 Å². The first-order valence-corrected chi connectivity index (χ1v) is 9.07.